The number of carbonyl (C=O) groups is 2. The third-order valence-corrected chi connectivity index (χ3v) is 8.53. The summed E-state index contributed by atoms with van der Waals surface area (Å²) in [5.74, 6) is 1.66. The summed E-state index contributed by atoms with van der Waals surface area (Å²) in [6.45, 7) is 0.691. The monoisotopic (exact) mass is 530 g/mol. The third kappa shape index (κ3) is 3.37. The molecule has 1 aliphatic carbocycles. The molecule has 4 aromatic rings. The second kappa shape index (κ2) is 8.61. The number of nitrogens with one attached hydrogen (secondary N) is 1. The lowest BCUT2D eigenvalue weighted by Crippen LogP contribution is -2.42. The minimum Gasteiger partial charge on any atom is -0.491 e. The van der Waals surface area contributed by atoms with E-state index in [4.69, 9.17) is 14.2 Å². The van der Waals surface area contributed by atoms with Crippen LogP contribution in [0.15, 0.2) is 78.9 Å². The van der Waals surface area contributed by atoms with Crippen LogP contribution in [0.5, 0.6) is 17.2 Å². The highest BCUT2D eigenvalue weighted by molar-refractivity contribution is 6.11. The molecule has 4 aromatic carbocycles. The topological polar surface area (TPSA) is 77.1 Å². The molecule has 7 nitrogen and oxygen atoms in total. The predicted octanol–water partition coefficient (Wildman–Crippen LogP) is 5.38. The molecule has 1 unspecified atom stereocenters. The van der Waals surface area contributed by atoms with Gasteiger partial charge < -0.3 is 24.4 Å². The van der Waals surface area contributed by atoms with E-state index in [1.807, 2.05) is 60.7 Å². The zero-order valence-corrected chi connectivity index (χ0v) is 21.7. The normalized spacial score (nSPS) is 19.4. The van der Waals surface area contributed by atoms with Gasteiger partial charge in [-0.3, -0.25) is 9.59 Å². The summed E-state index contributed by atoms with van der Waals surface area (Å²) in [6, 6.07) is 25.2. The van der Waals surface area contributed by atoms with Crippen LogP contribution in [0.25, 0.3) is 0 Å². The molecule has 0 radical (unpaired) electrons. The number of amides is 2. The van der Waals surface area contributed by atoms with E-state index >= 15 is 0 Å². The molecule has 7 heteroatoms. The van der Waals surface area contributed by atoms with E-state index in [0.29, 0.717) is 29.4 Å². The Labute approximate surface area is 231 Å². The van der Waals surface area contributed by atoms with Gasteiger partial charge in [-0.1, -0.05) is 36.4 Å². The van der Waals surface area contributed by atoms with Crippen molar-refractivity contribution in [3.05, 3.63) is 112 Å². The van der Waals surface area contributed by atoms with E-state index in [-0.39, 0.29) is 25.2 Å². The number of ether oxygens (including phenoxy) is 3. The van der Waals surface area contributed by atoms with Gasteiger partial charge in [0.1, 0.15) is 17.8 Å². The van der Waals surface area contributed by atoms with E-state index in [1.165, 1.54) is 11.1 Å². The maximum Gasteiger partial charge on any atom is 0.255 e. The van der Waals surface area contributed by atoms with E-state index in [1.54, 1.807) is 11.0 Å². The number of para-hydroxylation sites is 1. The summed E-state index contributed by atoms with van der Waals surface area (Å²) >= 11 is 0. The largest absolute Gasteiger partial charge is 0.491 e. The molecule has 8 rings (SSSR count). The Hall–Kier alpha value is -4.78. The van der Waals surface area contributed by atoms with Crippen molar-refractivity contribution in [1.82, 2.24) is 0 Å². The average molecular weight is 531 g/mol. The van der Waals surface area contributed by atoms with Gasteiger partial charge in [-0.25, -0.2) is 0 Å². The van der Waals surface area contributed by atoms with E-state index in [2.05, 4.69) is 17.4 Å². The molecular formula is C33H26N2O5. The van der Waals surface area contributed by atoms with E-state index < -0.39 is 5.41 Å². The highest BCUT2D eigenvalue weighted by atomic mass is 16.7. The first kappa shape index (κ1) is 23.1. The second-order valence-electron chi connectivity index (χ2n) is 10.8. The predicted molar refractivity (Wildman–Crippen MR) is 149 cm³/mol. The molecule has 3 heterocycles. The quantitative estimate of drug-likeness (QED) is 0.383. The molecule has 198 valence electrons. The number of carbonyl (C=O) groups excluding carboxylic acids is 2. The molecule has 1 spiro atoms. The highest BCUT2D eigenvalue weighted by Gasteiger charge is 2.57. The van der Waals surface area contributed by atoms with Gasteiger partial charge in [0.25, 0.3) is 5.91 Å². The van der Waals surface area contributed by atoms with Gasteiger partial charge in [0, 0.05) is 28.6 Å². The molecular weight excluding hydrogens is 504 g/mol. The van der Waals surface area contributed by atoms with Gasteiger partial charge in [0.2, 0.25) is 12.7 Å². The first-order valence-electron chi connectivity index (χ1n) is 13.6. The second-order valence-corrected chi connectivity index (χ2v) is 10.8. The smallest absolute Gasteiger partial charge is 0.255 e. The van der Waals surface area contributed by atoms with Crippen LogP contribution in [0.3, 0.4) is 0 Å². The summed E-state index contributed by atoms with van der Waals surface area (Å²) in [7, 11) is 0. The zero-order valence-electron chi connectivity index (χ0n) is 21.7. The Balaban J connectivity index is 1.10. The van der Waals surface area contributed by atoms with Crippen LogP contribution in [-0.2, 0) is 29.6 Å². The molecule has 1 N–H and O–H groups in total. The van der Waals surface area contributed by atoms with Crippen LogP contribution in [0.1, 0.15) is 44.6 Å². The van der Waals surface area contributed by atoms with Gasteiger partial charge in [0.05, 0.1) is 6.54 Å². The van der Waals surface area contributed by atoms with Crippen molar-refractivity contribution >= 4 is 23.2 Å². The maximum absolute atomic E-state index is 14.3. The SMILES string of the molecule is O=C(Nc1ccc2c(c1)CCC2)c1cccc(CN2C(=O)C3(COc4cc5c(cc43)OCO5)c3ccccc32)c1. The lowest BCUT2D eigenvalue weighted by Gasteiger charge is -2.23. The van der Waals surface area contributed by atoms with Crippen LogP contribution in [0, 0.1) is 0 Å². The average Bonchev–Trinajstić information content (AvgIpc) is 3.76. The van der Waals surface area contributed by atoms with Crippen molar-refractivity contribution in [3.63, 3.8) is 0 Å². The third-order valence-electron chi connectivity index (χ3n) is 8.53. The Kier molecular flexibility index (Phi) is 4.98. The number of fused-ring (bicyclic) bond motifs is 6. The van der Waals surface area contributed by atoms with Gasteiger partial charge in [0.15, 0.2) is 11.5 Å². The van der Waals surface area contributed by atoms with E-state index in [9.17, 15) is 9.59 Å². The Morgan fingerprint density at radius 2 is 1.68 bits per heavy atom. The molecule has 0 aromatic heterocycles. The lowest BCUT2D eigenvalue weighted by molar-refractivity contribution is -0.122. The number of hydrogen-bond donors (Lipinski definition) is 1. The molecule has 2 amide bonds. The zero-order chi connectivity index (χ0) is 26.8. The lowest BCUT2D eigenvalue weighted by atomic mass is 9.77. The number of aryl methyl sites for hydroxylation is 2. The van der Waals surface area contributed by atoms with Crippen molar-refractivity contribution in [1.29, 1.82) is 0 Å². The van der Waals surface area contributed by atoms with Gasteiger partial charge >= 0.3 is 0 Å². The molecule has 3 aliphatic heterocycles. The summed E-state index contributed by atoms with van der Waals surface area (Å²) in [6.07, 6.45) is 3.32. The van der Waals surface area contributed by atoms with Crippen molar-refractivity contribution < 1.29 is 23.8 Å². The van der Waals surface area contributed by atoms with Crippen molar-refractivity contribution in [2.75, 3.05) is 23.6 Å². The summed E-state index contributed by atoms with van der Waals surface area (Å²) in [4.78, 5) is 29.3. The Bertz CT molecular complexity index is 1730. The van der Waals surface area contributed by atoms with Gasteiger partial charge in [-0.2, -0.15) is 0 Å². The van der Waals surface area contributed by atoms with Crippen LogP contribution in [0.4, 0.5) is 11.4 Å². The number of nitrogens with zero attached hydrogens (tertiary/aromatic N) is 1. The van der Waals surface area contributed by atoms with Crippen LogP contribution >= 0.6 is 0 Å². The van der Waals surface area contributed by atoms with Crippen LogP contribution in [-0.4, -0.2) is 25.2 Å². The number of anilines is 2. The standard InChI is InChI=1S/C33H26N2O5/c36-31(34-24-12-11-21-6-4-7-22(21)14-24)23-8-3-5-20(13-23)17-35-27-10-2-1-9-25(27)33(32(35)37)18-38-28-16-30-29(15-26(28)33)39-19-40-30/h1-3,5,8-16H,4,6-7,17-19H2,(H,34,36). The molecule has 0 bridgehead atoms. The maximum atomic E-state index is 14.3. The van der Waals surface area contributed by atoms with Gasteiger partial charge in [-0.15, -0.1) is 0 Å². The molecule has 1 atom stereocenters. The molecule has 0 fully saturated rings. The Morgan fingerprint density at radius 3 is 2.60 bits per heavy atom. The van der Waals surface area contributed by atoms with Crippen LogP contribution in [0.2, 0.25) is 0 Å². The van der Waals surface area contributed by atoms with Gasteiger partial charge in [-0.05, 0) is 77.9 Å². The number of benzene rings is 4. The highest BCUT2D eigenvalue weighted by Crippen LogP contribution is 2.55. The molecule has 4 aliphatic rings. The fourth-order valence-electron chi connectivity index (χ4n) is 6.57. The number of hydrogen-bond acceptors (Lipinski definition) is 5. The van der Waals surface area contributed by atoms with Crippen molar-refractivity contribution in [2.24, 2.45) is 0 Å². The fourth-order valence-corrected chi connectivity index (χ4v) is 6.57. The fraction of sp³-hybridized carbons (Fsp3) is 0.212. The first-order valence-corrected chi connectivity index (χ1v) is 13.6. The summed E-state index contributed by atoms with van der Waals surface area (Å²) < 4.78 is 17.2. The minimum absolute atomic E-state index is 0.0562. The summed E-state index contributed by atoms with van der Waals surface area (Å²) in [5.41, 5.74) is 6.48. The Morgan fingerprint density at radius 1 is 0.825 bits per heavy atom. The molecule has 0 saturated carbocycles. The molecule has 0 saturated heterocycles. The minimum atomic E-state index is -0.963. The van der Waals surface area contributed by atoms with E-state index in [0.717, 1.165) is 47.3 Å². The number of rotatable bonds is 4. The van der Waals surface area contributed by atoms with Crippen molar-refractivity contribution in [2.45, 2.75) is 31.2 Å². The summed E-state index contributed by atoms with van der Waals surface area (Å²) in [5, 5.41) is 3.05. The first-order chi connectivity index (χ1) is 19.6. The van der Waals surface area contributed by atoms with Crippen molar-refractivity contribution in [3.8, 4) is 17.2 Å². The molecule has 40 heavy (non-hydrogen) atoms. The van der Waals surface area contributed by atoms with Crippen LogP contribution < -0.4 is 24.4 Å².